The van der Waals surface area contributed by atoms with Gasteiger partial charge in [0.2, 0.25) is 5.28 Å². The maximum Gasteiger partial charge on any atom is 0.433 e. The van der Waals surface area contributed by atoms with Gasteiger partial charge in [-0.15, -0.1) is 0 Å². The lowest BCUT2D eigenvalue weighted by Crippen LogP contribution is -2.21. The standard InChI is InChI=1S/C11H11ClF3N5/c1-19-4-3-16-9(19)6-20(2)8-5-7(11(13,14)15)17-10(12)18-8/h3-5H,6H2,1-2H3. The van der Waals surface area contributed by atoms with Crippen molar-refractivity contribution in [1.82, 2.24) is 19.5 Å². The second-order valence-electron chi connectivity index (χ2n) is 4.19. The summed E-state index contributed by atoms with van der Waals surface area (Å²) in [7, 11) is 3.40. The van der Waals surface area contributed by atoms with Crippen molar-refractivity contribution in [2.24, 2.45) is 7.05 Å². The molecule has 0 saturated heterocycles. The van der Waals surface area contributed by atoms with Crippen LogP contribution in [0.3, 0.4) is 0 Å². The lowest BCUT2D eigenvalue weighted by Gasteiger charge is -2.19. The zero-order valence-corrected chi connectivity index (χ0v) is 11.4. The number of hydrogen-bond donors (Lipinski definition) is 0. The van der Waals surface area contributed by atoms with Crippen molar-refractivity contribution in [2.45, 2.75) is 12.7 Å². The molecule has 2 rings (SSSR count). The van der Waals surface area contributed by atoms with Gasteiger partial charge >= 0.3 is 6.18 Å². The molecule has 5 nitrogen and oxygen atoms in total. The van der Waals surface area contributed by atoms with Gasteiger partial charge in [0, 0.05) is 32.6 Å². The van der Waals surface area contributed by atoms with Crippen LogP contribution in [0, 0.1) is 0 Å². The summed E-state index contributed by atoms with van der Waals surface area (Å²) in [4.78, 5) is 12.6. The highest BCUT2D eigenvalue weighted by Gasteiger charge is 2.34. The van der Waals surface area contributed by atoms with Crippen molar-refractivity contribution in [2.75, 3.05) is 11.9 Å². The molecule has 0 unspecified atom stereocenters. The van der Waals surface area contributed by atoms with Gasteiger partial charge in [0.15, 0.2) is 5.69 Å². The van der Waals surface area contributed by atoms with Crippen molar-refractivity contribution in [3.63, 3.8) is 0 Å². The molecule has 0 aliphatic rings. The smallest absolute Gasteiger partial charge is 0.352 e. The monoisotopic (exact) mass is 305 g/mol. The first kappa shape index (κ1) is 14.6. The third-order valence-corrected chi connectivity index (χ3v) is 2.84. The van der Waals surface area contributed by atoms with E-state index in [1.807, 2.05) is 0 Å². The largest absolute Gasteiger partial charge is 0.433 e. The SMILES string of the molecule is CN(Cc1nccn1C)c1cc(C(F)(F)F)nc(Cl)n1. The van der Waals surface area contributed by atoms with E-state index in [1.165, 1.54) is 4.90 Å². The van der Waals surface area contributed by atoms with E-state index in [2.05, 4.69) is 15.0 Å². The average Bonchev–Trinajstić information content (AvgIpc) is 2.73. The fourth-order valence-electron chi connectivity index (χ4n) is 1.59. The lowest BCUT2D eigenvalue weighted by molar-refractivity contribution is -0.141. The molecule has 0 amide bonds. The topological polar surface area (TPSA) is 46.8 Å². The summed E-state index contributed by atoms with van der Waals surface area (Å²) in [6.45, 7) is 0.300. The first-order valence-corrected chi connectivity index (χ1v) is 5.94. The van der Waals surface area contributed by atoms with Crippen LogP contribution < -0.4 is 4.90 Å². The normalized spacial score (nSPS) is 11.7. The van der Waals surface area contributed by atoms with E-state index in [-0.39, 0.29) is 5.82 Å². The zero-order chi connectivity index (χ0) is 14.9. The van der Waals surface area contributed by atoms with Crippen LogP contribution in [-0.2, 0) is 19.8 Å². The molecule has 0 N–H and O–H groups in total. The Hall–Kier alpha value is -1.83. The number of hydrogen-bond acceptors (Lipinski definition) is 4. The molecule has 0 fully saturated rings. The number of anilines is 1. The molecule has 0 aliphatic carbocycles. The molecule has 0 aromatic carbocycles. The maximum atomic E-state index is 12.7. The van der Waals surface area contributed by atoms with Gasteiger partial charge < -0.3 is 9.47 Å². The van der Waals surface area contributed by atoms with E-state index >= 15 is 0 Å². The van der Waals surface area contributed by atoms with Crippen LogP contribution in [0.25, 0.3) is 0 Å². The number of nitrogens with zero attached hydrogens (tertiary/aromatic N) is 5. The van der Waals surface area contributed by atoms with E-state index < -0.39 is 17.2 Å². The molecule has 2 aromatic heterocycles. The Kier molecular flexibility index (Phi) is 3.85. The van der Waals surface area contributed by atoms with Crippen molar-refractivity contribution in [1.29, 1.82) is 0 Å². The van der Waals surface area contributed by atoms with Gasteiger partial charge in [0.25, 0.3) is 0 Å². The quantitative estimate of drug-likeness (QED) is 0.818. The molecule has 0 radical (unpaired) electrons. The third-order valence-electron chi connectivity index (χ3n) is 2.67. The van der Waals surface area contributed by atoms with Crippen LogP contribution in [0.1, 0.15) is 11.5 Å². The summed E-state index contributed by atoms with van der Waals surface area (Å²) in [6.07, 6.45) is -1.21. The number of rotatable bonds is 3. The Labute approximate surface area is 118 Å². The summed E-state index contributed by atoms with van der Waals surface area (Å²) in [5.41, 5.74) is -1.07. The average molecular weight is 306 g/mol. The van der Waals surface area contributed by atoms with Crippen molar-refractivity contribution in [3.8, 4) is 0 Å². The van der Waals surface area contributed by atoms with Crippen LogP contribution in [0.4, 0.5) is 19.0 Å². The summed E-state index contributed by atoms with van der Waals surface area (Å²) >= 11 is 5.54. The number of halogens is 4. The number of imidazole rings is 1. The number of alkyl halides is 3. The van der Waals surface area contributed by atoms with Gasteiger partial charge in [0.1, 0.15) is 11.6 Å². The van der Waals surface area contributed by atoms with E-state index in [0.29, 0.717) is 12.4 Å². The predicted molar refractivity (Wildman–Crippen MR) is 67.4 cm³/mol. The van der Waals surface area contributed by atoms with Gasteiger partial charge in [-0.3, -0.25) is 0 Å². The van der Waals surface area contributed by atoms with Crippen molar-refractivity contribution >= 4 is 17.4 Å². The Morgan fingerprint density at radius 3 is 2.60 bits per heavy atom. The second kappa shape index (κ2) is 5.28. The van der Waals surface area contributed by atoms with E-state index in [0.717, 1.165) is 6.07 Å². The molecule has 2 aromatic rings. The highest BCUT2D eigenvalue weighted by atomic mass is 35.5. The minimum absolute atomic E-state index is 0.0836. The van der Waals surface area contributed by atoms with E-state index in [4.69, 9.17) is 11.6 Å². The van der Waals surface area contributed by atoms with E-state index in [1.54, 1.807) is 31.1 Å². The van der Waals surface area contributed by atoms with Crippen molar-refractivity contribution < 1.29 is 13.2 Å². The summed E-state index contributed by atoms with van der Waals surface area (Å²) in [5, 5.41) is -0.443. The molecule has 0 bridgehead atoms. The minimum Gasteiger partial charge on any atom is -0.352 e. The van der Waals surface area contributed by atoms with Crippen LogP contribution in [0.15, 0.2) is 18.5 Å². The van der Waals surface area contributed by atoms with Gasteiger partial charge in [0.05, 0.1) is 6.54 Å². The lowest BCUT2D eigenvalue weighted by atomic mass is 10.3. The third kappa shape index (κ3) is 3.19. The molecule has 9 heteroatoms. The summed E-state index contributed by atoms with van der Waals surface area (Å²) in [6, 6.07) is 0.856. The summed E-state index contributed by atoms with van der Waals surface area (Å²) in [5.74, 6) is 0.774. The minimum atomic E-state index is -4.56. The first-order chi connectivity index (χ1) is 9.27. The molecular formula is C11H11ClF3N5. The zero-order valence-electron chi connectivity index (χ0n) is 10.7. The molecule has 20 heavy (non-hydrogen) atoms. The number of aryl methyl sites for hydroxylation is 1. The predicted octanol–water partition coefficient (Wildman–Crippen LogP) is 2.52. The van der Waals surface area contributed by atoms with Crippen molar-refractivity contribution in [3.05, 3.63) is 35.3 Å². The Morgan fingerprint density at radius 1 is 1.35 bits per heavy atom. The first-order valence-electron chi connectivity index (χ1n) is 5.56. The molecule has 2 heterocycles. The Morgan fingerprint density at radius 2 is 2.05 bits per heavy atom. The van der Waals surface area contributed by atoms with Gasteiger partial charge in [-0.1, -0.05) is 0 Å². The fraction of sp³-hybridized carbons (Fsp3) is 0.364. The molecule has 0 spiro atoms. The fourth-order valence-corrected chi connectivity index (χ4v) is 1.77. The van der Waals surface area contributed by atoms with Gasteiger partial charge in [-0.2, -0.15) is 13.2 Å². The van der Waals surface area contributed by atoms with E-state index in [9.17, 15) is 13.2 Å². The highest BCUT2D eigenvalue weighted by Crippen LogP contribution is 2.30. The second-order valence-corrected chi connectivity index (χ2v) is 4.53. The van der Waals surface area contributed by atoms with Crippen LogP contribution >= 0.6 is 11.6 Å². The van der Waals surface area contributed by atoms with Gasteiger partial charge in [-0.25, -0.2) is 15.0 Å². The Bertz CT molecular complexity index is 610. The van der Waals surface area contributed by atoms with Crippen LogP contribution in [0.5, 0.6) is 0 Å². The highest BCUT2D eigenvalue weighted by molar-refractivity contribution is 6.28. The molecule has 0 aliphatic heterocycles. The van der Waals surface area contributed by atoms with Gasteiger partial charge in [-0.05, 0) is 11.6 Å². The molecule has 108 valence electrons. The molecule has 0 atom stereocenters. The Balaban J connectivity index is 2.28. The number of aromatic nitrogens is 4. The molecular weight excluding hydrogens is 295 g/mol. The maximum absolute atomic E-state index is 12.7. The summed E-state index contributed by atoms with van der Waals surface area (Å²) < 4.78 is 39.8. The molecule has 0 saturated carbocycles. The van der Waals surface area contributed by atoms with Crippen LogP contribution in [0.2, 0.25) is 5.28 Å². The van der Waals surface area contributed by atoms with Crippen LogP contribution in [-0.4, -0.2) is 26.6 Å².